The molecule has 128 valence electrons. The predicted octanol–water partition coefficient (Wildman–Crippen LogP) is 2.47. The first kappa shape index (κ1) is 17.7. The Hall–Kier alpha value is -2.70. The van der Waals surface area contributed by atoms with Gasteiger partial charge in [0.25, 0.3) is 11.6 Å². The van der Waals surface area contributed by atoms with Crippen LogP contribution in [0.2, 0.25) is 0 Å². The van der Waals surface area contributed by atoms with E-state index in [1.165, 1.54) is 25.1 Å². The number of benzene rings is 1. The third kappa shape index (κ3) is 4.91. The first-order chi connectivity index (χ1) is 11.5. The standard InChI is InChI=1S/C17H21N3O4/c1-13(21)18-16(17(22)19-9-4-2-3-5-10-19)12-14-7-6-8-15(11-14)20(23)24/h6-8,11-12H,2-5,9-10H2,1H3,(H,18,21)/b16-12-. The number of likely N-dealkylation sites (tertiary alicyclic amines) is 1. The molecule has 0 spiro atoms. The summed E-state index contributed by atoms with van der Waals surface area (Å²) in [6, 6.07) is 5.96. The van der Waals surface area contributed by atoms with Crippen molar-refractivity contribution in [3.63, 3.8) is 0 Å². The van der Waals surface area contributed by atoms with Crippen LogP contribution in [0.15, 0.2) is 30.0 Å². The van der Waals surface area contributed by atoms with Crippen molar-refractivity contribution in [2.45, 2.75) is 32.6 Å². The fourth-order valence-corrected chi connectivity index (χ4v) is 2.68. The molecule has 1 saturated heterocycles. The summed E-state index contributed by atoms with van der Waals surface area (Å²) >= 11 is 0. The predicted molar refractivity (Wildman–Crippen MR) is 89.9 cm³/mol. The summed E-state index contributed by atoms with van der Waals surface area (Å²) in [5, 5.41) is 13.4. The molecule has 1 N–H and O–H groups in total. The molecule has 2 amide bonds. The van der Waals surface area contributed by atoms with Gasteiger partial charge in [-0.1, -0.05) is 25.0 Å². The van der Waals surface area contributed by atoms with Crippen molar-refractivity contribution in [2.24, 2.45) is 0 Å². The van der Waals surface area contributed by atoms with Crippen molar-refractivity contribution in [2.75, 3.05) is 13.1 Å². The van der Waals surface area contributed by atoms with Crippen LogP contribution in [0, 0.1) is 10.1 Å². The molecule has 24 heavy (non-hydrogen) atoms. The minimum atomic E-state index is -0.494. The maximum Gasteiger partial charge on any atom is 0.270 e. The van der Waals surface area contributed by atoms with E-state index in [2.05, 4.69) is 5.32 Å². The number of nitrogens with one attached hydrogen (secondary N) is 1. The van der Waals surface area contributed by atoms with E-state index in [1.807, 2.05) is 0 Å². The number of nitro groups is 1. The largest absolute Gasteiger partial charge is 0.337 e. The minimum Gasteiger partial charge on any atom is -0.337 e. The highest BCUT2D eigenvalue weighted by atomic mass is 16.6. The number of hydrogen-bond donors (Lipinski definition) is 1. The van der Waals surface area contributed by atoms with Gasteiger partial charge < -0.3 is 10.2 Å². The lowest BCUT2D eigenvalue weighted by molar-refractivity contribution is -0.384. The Balaban J connectivity index is 2.29. The third-order valence-corrected chi connectivity index (χ3v) is 3.83. The number of nitro benzene ring substituents is 1. The number of carbonyl (C=O) groups is 2. The van der Waals surface area contributed by atoms with E-state index < -0.39 is 4.92 Å². The molecule has 0 unspecified atom stereocenters. The molecule has 1 aromatic rings. The Bertz CT molecular complexity index is 662. The second-order valence-corrected chi connectivity index (χ2v) is 5.80. The molecule has 7 heteroatoms. The average molecular weight is 331 g/mol. The second kappa shape index (κ2) is 8.24. The zero-order chi connectivity index (χ0) is 17.5. The molecule has 0 saturated carbocycles. The van der Waals surface area contributed by atoms with Crippen LogP contribution in [-0.4, -0.2) is 34.7 Å². The van der Waals surface area contributed by atoms with Gasteiger partial charge in [-0.05, 0) is 24.5 Å². The Morgan fingerprint density at radius 1 is 1.21 bits per heavy atom. The number of non-ortho nitro benzene ring substituents is 1. The fraction of sp³-hybridized carbons (Fsp3) is 0.412. The molecule has 0 atom stereocenters. The van der Waals surface area contributed by atoms with E-state index in [0.717, 1.165) is 25.7 Å². The normalized spacial score (nSPS) is 15.5. The summed E-state index contributed by atoms with van der Waals surface area (Å²) < 4.78 is 0. The van der Waals surface area contributed by atoms with Gasteiger partial charge in [0.15, 0.2) is 0 Å². The molecule has 1 heterocycles. The summed E-state index contributed by atoms with van der Waals surface area (Å²) in [7, 11) is 0. The van der Waals surface area contributed by atoms with Crippen LogP contribution in [0.25, 0.3) is 6.08 Å². The van der Waals surface area contributed by atoms with Crippen molar-refractivity contribution < 1.29 is 14.5 Å². The van der Waals surface area contributed by atoms with Gasteiger partial charge in [-0.15, -0.1) is 0 Å². The molecule has 0 aromatic heterocycles. The van der Waals surface area contributed by atoms with Crippen molar-refractivity contribution in [3.8, 4) is 0 Å². The van der Waals surface area contributed by atoms with Crippen LogP contribution < -0.4 is 5.32 Å². The Kier molecular flexibility index (Phi) is 6.06. The second-order valence-electron chi connectivity index (χ2n) is 5.80. The summed E-state index contributed by atoms with van der Waals surface area (Å²) in [5.41, 5.74) is 0.578. The monoisotopic (exact) mass is 331 g/mol. The van der Waals surface area contributed by atoms with Crippen molar-refractivity contribution in [1.29, 1.82) is 0 Å². The molecule has 1 aliphatic rings. The first-order valence-corrected chi connectivity index (χ1v) is 8.00. The number of carbonyl (C=O) groups excluding carboxylic acids is 2. The highest BCUT2D eigenvalue weighted by molar-refractivity contribution is 6.01. The molecule has 7 nitrogen and oxygen atoms in total. The van der Waals surface area contributed by atoms with E-state index in [9.17, 15) is 19.7 Å². The summed E-state index contributed by atoms with van der Waals surface area (Å²) in [6.07, 6.45) is 5.55. The topological polar surface area (TPSA) is 92.5 Å². The molecule has 1 fully saturated rings. The van der Waals surface area contributed by atoms with Gasteiger partial charge in [-0.25, -0.2) is 0 Å². The first-order valence-electron chi connectivity index (χ1n) is 8.00. The van der Waals surface area contributed by atoms with Gasteiger partial charge in [0.2, 0.25) is 5.91 Å². The van der Waals surface area contributed by atoms with Crippen molar-refractivity contribution >= 4 is 23.6 Å². The lowest BCUT2D eigenvalue weighted by Gasteiger charge is -2.22. The maximum atomic E-state index is 12.7. The van der Waals surface area contributed by atoms with Gasteiger partial charge >= 0.3 is 0 Å². The van der Waals surface area contributed by atoms with Crippen LogP contribution in [0.1, 0.15) is 38.2 Å². The molecule has 0 aliphatic carbocycles. The van der Waals surface area contributed by atoms with Crippen LogP contribution in [-0.2, 0) is 9.59 Å². The van der Waals surface area contributed by atoms with Gasteiger partial charge in [-0.3, -0.25) is 19.7 Å². The van der Waals surface area contributed by atoms with Gasteiger partial charge in [0.1, 0.15) is 5.70 Å². The molecule has 1 aliphatic heterocycles. The molecule has 0 bridgehead atoms. The van der Waals surface area contributed by atoms with E-state index in [4.69, 9.17) is 0 Å². The zero-order valence-corrected chi connectivity index (χ0v) is 13.7. The van der Waals surface area contributed by atoms with Crippen LogP contribution >= 0.6 is 0 Å². The van der Waals surface area contributed by atoms with Crippen LogP contribution in [0.3, 0.4) is 0 Å². The van der Waals surface area contributed by atoms with Gasteiger partial charge in [-0.2, -0.15) is 0 Å². The molecular formula is C17H21N3O4. The quantitative estimate of drug-likeness (QED) is 0.521. The lowest BCUT2D eigenvalue weighted by atomic mass is 10.1. The number of nitrogens with zero attached hydrogens (tertiary/aromatic N) is 2. The minimum absolute atomic E-state index is 0.0619. The maximum absolute atomic E-state index is 12.7. The zero-order valence-electron chi connectivity index (χ0n) is 13.7. The Morgan fingerprint density at radius 2 is 1.88 bits per heavy atom. The van der Waals surface area contributed by atoms with E-state index in [-0.39, 0.29) is 23.2 Å². The van der Waals surface area contributed by atoms with Crippen molar-refractivity contribution in [3.05, 3.63) is 45.6 Å². The molecule has 0 radical (unpaired) electrons. The fourth-order valence-electron chi connectivity index (χ4n) is 2.68. The third-order valence-electron chi connectivity index (χ3n) is 3.83. The van der Waals surface area contributed by atoms with Crippen LogP contribution in [0.4, 0.5) is 5.69 Å². The van der Waals surface area contributed by atoms with Crippen molar-refractivity contribution in [1.82, 2.24) is 10.2 Å². The number of amides is 2. The summed E-state index contributed by atoms with van der Waals surface area (Å²) in [6.45, 7) is 2.65. The average Bonchev–Trinajstić information content (AvgIpc) is 2.82. The Morgan fingerprint density at radius 3 is 2.46 bits per heavy atom. The molecule has 2 rings (SSSR count). The van der Waals surface area contributed by atoms with E-state index >= 15 is 0 Å². The molecule has 1 aromatic carbocycles. The summed E-state index contributed by atoms with van der Waals surface area (Å²) in [5.74, 6) is -0.603. The summed E-state index contributed by atoms with van der Waals surface area (Å²) in [4.78, 5) is 36.3. The van der Waals surface area contributed by atoms with E-state index in [1.54, 1.807) is 17.0 Å². The lowest BCUT2D eigenvalue weighted by Crippen LogP contribution is -2.38. The van der Waals surface area contributed by atoms with Crippen LogP contribution in [0.5, 0.6) is 0 Å². The highest BCUT2D eigenvalue weighted by Crippen LogP contribution is 2.17. The van der Waals surface area contributed by atoms with Gasteiger partial charge in [0, 0.05) is 32.1 Å². The highest BCUT2D eigenvalue weighted by Gasteiger charge is 2.20. The SMILES string of the molecule is CC(=O)N/C(=C\c1cccc([N+](=O)[O-])c1)C(=O)N1CCCCCC1. The molecular weight excluding hydrogens is 310 g/mol. The number of hydrogen-bond acceptors (Lipinski definition) is 4. The number of rotatable bonds is 4. The van der Waals surface area contributed by atoms with E-state index in [0.29, 0.717) is 18.7 Å². The smallest absolute Gasteiger partial charge is 0.270 e. The van der Waals surface area contributed by atoms with Gasteiger partial charge in [0.05, 0.1) is 4.92 Å². The Labute approximate surface area is 140 Å².